The summed E-state index contributed by atoms with van der Waals surface area (Å²) in [4.78, 5) is 2.89. The standard InChI is InChI=1S/C14H19BrN2S/c1-9-5-10(2)8-17(7-9)11-3-4-12(14(16)18)13(15)6-11/h3-4,6,9-10H,5,7-8H2,1-2H3,(H2,16,18). The molecule has 98 valence electrons. The summed E-state index contributed by atoms with van der Waals surface area (Å²) in [6.45, 7) is 6.90. The molecule has 2 atom stereocenters. The van der Waals surface area contributed by atoms with Crippen LogP contribution in [-0.2, 0) is 0 Å². The summed E-state index contributed by atoms with van der Waals surface area (Å²) in [5.41, 5.74) is 7.83. The number of thiocarbonyl (C=S) groups is 1. The van der Waals surface area contributed by atoms with Gasteiger partial charge in [0.15, 0.2) is 0 Å². The van der Waals surface area contributed by atoms with E-state index < -0.39 is 0 Å². The summed E-state index contributed by atoms with van der Waals surface area (Å²) in [5, 5.41) is 0. The lowest BCUT2D eigenvalue weighted by Gasteiger charge is -2.36. The second-order valence-electron chi connectivity index (χ2n) is 5.38. The van der Waals surface area contributed by atoms with Crippen molar-refractivity contribution in [3.63, 3.8) is 0 Å². The minimum atomic E-state index is 0.439. The molecule has 2 N–H and O–H groups in total. The fourth-order valence-corrected chi connectivity index (χ4v) is 3.66. The number of benzene rings is 1. The molecule has 1 aromatic rings. The lowest BCUT2D eigenvalue weighted by molar-refractivity contribution is 0.357. The molecule has 4 heteroatoms. The van der Waals surface area contributed by atoms with Crippen molar-refractivity contribution in [2.75, 3.05) is 18.0 Å². The monoisotopic (exact) mass is 326 g/mol. The lowest BCUT2D eigenvalue weighted by Crippen LogP contribution is -2.38. The zero-order chi connectivity index (χ0) is 13.3. The Morgan fingerprint density at radius 1 is 1.33 bits per heavy atom. The Hall–Kier alpha value is -0.610. The maximum absolute atomic E-state index is 5.68. The van der Waals surface area contributed by atoms with E-state index >= 15 is 0 Å². The Balaban J connectivity index is 2.23. The second kappa shape index (κ2) is 5.57. The van der Waals surface area contributed by atoms with E-state index in [1.807, 2.05) is 6.07 Å². The molecule has 0 bridgehead atoms. The number of nitrogens with zero attached hydrogens (tertiary/aromatic N) is 1. The number of nitrogens with two attached hydrogens (primary N) is 1. The van der Waals surface area contributed by atoms with Crippen LogP contribution in [0.15, 0.2) is 22.7 Å². The van der Waals surface area contributed by atoms with Crippen LogP contribution >= 0.6 is 28.1 Å². The summed E-state index contributed by atoms with van der Waals surface area (Å²) < 4.78 is 0.985. The van der Waals surface area contributed by atoms with Crippen LogP contribution in [0, 0.1) is 11.8 Å². The number of hydrogen-bond acceptors (Lipinski definition) is 2. The number of halogens is 1. The van der Waals surface area contributed by atoms with Gasteiger partial charge >= 0.3 is 0 Å². The maximum atomic E-state index is 5.68. The number of piperidine rings is 1. The zero-order valence-electron chi connectivity index (χ0n) is 10.8. The Morgan fingerprint density at radius 2 is 1.94 bits per heavy atom. The summed E-state index contributed by atoms with van der Waals surface area (Å²) >= 11 is 8.57. The van der Waals surface area contributed by atoms with E-state index in [4.69, 9.17) is 18.0 Å². The molecular weight excluding hydrogens is 308 g/mol. The third-order valence-electron chi connectivity index (χ3n) is 3.45. The first-order chi connectivity index (χ1) is 8.47. The smallest absolute Gasteiger partial charge is 0.105 e. The van der Waals surface area contributed by atoms with Crippen molar-refractivity contribution in [3.05, 3.63) is 28.2 Å². The third kappa shape index (κ3) is 3.04. The molecule has 1 aromatic carbocycles. The van der Waals surface area contributed by atoms with E-state index in [0.29, 0.717) is 4.99 Å². The quantitative estimate of drug-likeness (QED) is 0.842. The summed E-state index contributed by atoms with van der Waals surface area (Å²) in [5.74, 6) is 1.51. The van der Waals surface area contributed by atoms with Gasteiger partial charge in [0.25, 0.3) is 0 Å². The maximum Gasteiger partial charge on any atom is 0.105 e. The molecule has 0 amide bonds. The van der Waals surface area contributed by atoms with Crippen molar-refractivity contribution in [2.45, 2.75) is 20.3 Å². The van der Waals surface area contributed by atoms with E-state index in [1.165, 1.54) is 12.1 Å². The van der Waals surface area contributed by atoms with Crippen LogP contribution in [0.3, 0.4) is 0 Å². The second-order valence-corrected chi connectivity index (χ2v) is 6.67. The van der Waals surface area contributed by atoms with Gasteiger partial charge in [0.1, 0.15) is 4.99 Å². The molecule has 0 aromatic heterocycles. The van der Waals surface area contributed by atoms with Crippen molar-refractivity contribution in [2.24, 2.45) is 17.6 Å². The van der Waals surface area contributed by atoms with Gasteiger partial charge in [-0.2, -0.15) is 0 Å². The molecular formula is C14H19BrN2S. The number of rotatable bonds is 2. The topological polar surface area (TPSA) is 29.3 Å². The fraction of sp³-hybridized carbons (Fsp3) is 0.500. The molecule has 1 aliphatic heterocycles. The first kappa shape index (κ1) is 13.8. The first-order valence-corrected chi connectivity index (χ1v) is 7.51. The van der Waals surface area contributed by atoms with E-state index in [9.17, 15) is 0 Å². The lowest BCUT2D eigenvalue weighted by atomic mass is 9.91. The SMILES string of the molecule is CC1CC(C)CN(c2ccc(C(N)=S)c(Br)c2)C1. The van der Waals surface area contributed by atoms with Crippen molar-refractivity contribution in [1.29, 1.82) is 0 Å². The molecule has 18 heavy (non-hydrogen) atoms. The van der Waals surface area contributed by atoms with E-state index in [2.05, 4.69) is 46.8 Å². The highest BCUT2D eigenvalue weighted by atomic mass is 79.9. The highest BCUT2D eigenvalue weighted by molar-refractivity contribution is 9.10. The number of anilines is 1. The van der Waals surface area contributed by atoms with Gasteiger partial charge in [0.2, 0.25) is 0 Å². The molecule has 2 rings (SSSR count). The number of hydrogen-bond donors (Lipinski definition) is 1. The van der Waals surface area contributed by atoms with E-state index in [0.717, 1.165) is 35.0 Å². The van der Waals surface area contributed by atoms with E-state index in [1.54, 1.807) is 0 Å². The minimum absolute atomic E-state index is 0.439. The van der Waals surface area contributed by atoms with Crippen LogP contribution in [0.4, 0.5) is 5.69 Å². The normalized spacial score (nSPS) is 24.1. The third-order valence-corrected chi connectivity index (χ3v) is 4.33. The van der Waals surface area contributed by atoms with Crippen molar-refractivity contribution < 1.29 is 0 Å². The Labute approximate surface area is 123 Å². The molecule has 2 unspecified atom stereocenters. The molecule has 2 nitrogen and oxygen atoms in total. The largest absolute Gasteiger partial charge is 0.389 e. The van der Waals surface area contributed by atoms with Crippen LogP contribution in [0.2, 0.25) is 0 Å². The molecule has 1 saturated heterocycles. The summed E-state index contributed by atoms with van der Waals surface area (Å²) in [6, 6.07) is 6.24. The molecule has 1 aliphatic rings. The van der Waals surface area contributed by atoms with Gasteiger partial charge in [0, 0.05) is 28.8 Å². The Kier molecular flexibility index (Phi) is 4.28. The van der Waals surface area contributed by atoms with Crippen LogP contribution < -0.4 is 10.6 Å². The molecule has 1 fully saturated rings. The van der Waals surface area contributed by atoms with Crippen LogP contribution in [0.1, 0.15) is 25.8 Å². The Bertz CT molecular complexity index is 451. The first-order valence-electron chi connectivity index (χ1n) is 6.31. The predicted octanol–water partition coefficient (Wildman–Crippen LogP) is 3.57. The highest BCUT2D eigenvalue weighted by Crippen LogP contribution is 2.29. The van der Waals surface area contributed by atoms with Crippen molar-refractivity contribution >= 4 is 38.8 Å². The van der Waals surface area contributed by atoms with Gasteiger partial charge in [-0.1, -0.05) is 26.1 Å². The van der Waals surface area contributed by atoms with Gasteiger partial charge in [0.05, 0.1) is 0 Å². The highest BCUT2D eigenvalue weighted by Gasteiger charge is 2.22. The van der Waals surface area contributed by atoms with Crippen LogP contribution in [0.25, 0.3) is 0 Å². The Morgan fingerprint density at radius 3 is 2.44 bits per heavy atom. The minimum Gasteiger partial charge on any atom is -0.389 e. The van der Waals surface area contributed by atoms with Crippen LogP contribution in [-0.4, -0.2) is 18.1 Å². The molecule has 0 saturated carbocycles. The van der Waals surface area contributed by atoms with E-state index in [-0.39, 0.29) is 0 Å². The molecule has 1 heterocycles. The van der Waals surface area contributed by atoms with Crippen molar-refractivity contribution in [1.82, 2.24) is 0 Å². The summed E-state index contributed by atoms with van der Waals surface area (Å²) in [6.07, 6.45) is 1.32. The van der Waals surface area contributed by atoms with Gasteiger partial charge in [-0.15, -0.1) is 0 Å². The summed E-state index contributed by atoms with van der Waals surface area (Å²) in [7, 11) is 0. The zero-order valence-corrected chi connectivity index (χ0v) is 13.2. The fourth-order valence-electron chi connectivity index (χ4n) is 2.77. The molecule has 0 radical (unpaired) electrons. The van der Waals surface area contributed by atoms with Gasteiger partial charge in [-0.05, 0) is 52.4 Å². The van der Waals surface area contributed by atoms with Gasteiger partial charge in [-0.25, -0.2) is 0 Å². The molecule has 0 aliphatic carbocycles. The van der Waals surface area contributed by atoms with Crippen molar-refractivity contribution in [3.8, 4) is 0 Å². The average molecular weight is 327 g/mol. The predicted molar refractivity (Wildman–Crippen MR) is 85.2 cm³/mol. The van der Waals surface area contributed by atoms with Gasteiger partial charge in [-0.3, -0.25) is 0 Å². The average Bonchev–Trinajstić information content (AvgIpc) is 2.26. The van der Waals surface area contributed by atoms with Crippen LogP contribution in [0.5, 0.6) is 0 Å². The van der Waals surface area contributed by atoms with Gasteiger partial charge < -0.3 is 10.6 Å². The molecule has 0 spiro atoms.